The Labute approximate surface area is 345 Å². The molecule has 2 aliphatic heterocycles. The van der Waals surface area contributed by atoms with Gasteiger partial charge in [0.05, 0.1) is 25.6 Å². The van der Waals surface area contributed by atoms with Crippen molar-refractivity contribution >= 4 is 50.1 Å². The van der Waals surface area contributed by atoms with E-state index in [0.717, 1.165) is 22.0 Å². The third kappa shape index (κ3) is 11.6. The number of carbonyl (C=O) groups excluding carboxylic acids is 2. The van der Waals surface area contributed by atoms with Gasteiger partial charge in [0.1, 0.15) is 47.7 Å². The first-order valence-corrected chi connectivity index (χ1v) is 21.9. The standard InChI is InChI=1S/C33H47F2N9O15P2/c1-3-4-9-22(45)42(2)17(7-5-6-8-20(34)35)32(48)59-26-19(58-30(24(26)46)44-16-40-23-28(37)38-15-39-29(23)44)14-56-60(50,51)27-18(11-13-55-61(52,53)54)57-31(25(27)47)43-12-10-21(36)41-33(43)49/h3,10,12,15-20,24-27,30-31,46-47H,1,4-9,11,13-14H2,2H3,(H,50,51)(H2,36,41,49)(H2,37,38,39)(H2,52,53,54)/t17-,18+,19+,24+,25+,26+,27+,30+,31+/m0/s1. The molecule has 0 spiro atoms. The van der Waals surface area contributed by atoms with E-state index in [1.54, 1.807) is 0 Å². The van der Waals surface area contributed by atoms with Gasteiger partial charge in [-0.1, -0.05) is 12.5 Å². The number of aliphatic hydroxyl groups excluding tert-OH is 2. The largest absolute Gasteiger partial charge is 0.469 e. The van der Waals surface area contributed by atoms with Gasteiger partial charge in [-0.3, -0.25) is 23.0 Å². The quantitative estimate of drug-likeness (QED) is 0.0328. The fraction of sp³-hybridized carbons (Fsp3) is 0.606. The zero-order valence-electron chi connectivity index (χ0n) is 32.5. The number of nitrogen functional groups attached to an aromatic ring is 2. The van der Waals surface area contributed by atoms with Crippen LogP contribution in [0.1, 0.15) is 57.4 Å². The number of imidazole rings is 1. The monoisotopic (exact) mass is 909 g/mol. The summed E-state index contributed by atoms with van der Waals surface area (Å²) in [6, 6.07) is -0.169. The number of amides is 1. The van der Waals surface area contributed by atoms with E-state index < -0.39 is 120 Å². The lowest BCUT2D eigenvalue weighted by molar-refractivity contribution is -0.165. The number of nitrogens with two attached hydrogens (primary N) is 2. The van der Waals surface area contributed by atoms with Gasteiger partial charge in [-0.2, -0.15) is 4.98 Å². The summed E-state index contributed by atoms with van der Waals surface area (Å²) in [6.07, 6.45) is -10.5. The van der Waals surface area contributed by atoms with Crippen molar-refractivity contribution in [2.75, 3.05) is 31.7 Å². The number of carbonyl (C=O) groups is 2. The minimum Gasteiger partial charge on any atom is -0.455 e. The molecule has 2 fully saturated rings. The van der Waals surface area contributed by atoms with Gasteiger partial charge in [0, 0.05) is 26.1 Å². The second kappa shape index (κ2) is 20.2. The Morgan fingerprint density at radius 2 is 1.72 bits per heavy atom. The topological polar surface area (TPSA) is 349 Å². The second-order valence-electron chi connectivity index (χ2n) is 14.1. The summed E-state index contributed by atoms with van der Waals surface area (Å²) in [6.45, 7) is 1.87. The minimum atomic E-state index is -5.23. The van der Waals surface area contributed by atoms with Crippen LogP contribution >= 0.6 is 15.4 Å². The zero-order chi connectivity index (χ0) is 44.8. The molecule has 0 aromatic carbocycles. The molecule has 10 atom stereocenters. The maximum absolute atomic E-state index is 14.2. The smallest absolute Gasteiger partial charge is 0.455 e. The van der Waals surface area contributed by atoms with Crippen LogP contribution in [0.5, 0.6) is 0 Å². The molecule has 61 heavy (non-hydrogen) atoms. The molecule has 28 heteroatoms. The Hall–Kier alpha value is -4.33. The number of aliphatic hydroxyl groups is 2. The molecule has 0 bridgehead atoms. The van der Waals surface area contributed by atoms with Gasteiger partial charge in [-0.15, -0.1) is 6.58 Å². The Balaban J connectivity index is 1.44. The molecule has 3 aromatic heterocycles. The number of rotatable bonds is 21. The molecule has 3 aromatic rings. The van der Waals surface area contributed by atoms with Crippen molar-refractivity contribution in [3.63, 3.8) is 0 Å². The molecule has 1 amide bonds. The lowest BCUT2D eigenvalue weighted by atomic mass is 10.1. The number of phosphoric ester groups is 1. The lowest BCUT2D eigenvalue weighted by Gasteiger charge is -2.30. The molecule has 0 saturated carbocycles. The van der Waals surface area contributed by atoms with Crippen LogP contribution in [0.15, 0.2) is 42.4 Å². The normalized spacial score (nSPS) is 25.7. The lowest BCUT2D eigenvalue weighted by Crippen LogP contribution is -2.47. The van der Waals surface area contributed by atoms with Crippen LogP contribution in [0, 0.1) is 0 Å². The number of ether oxygens (including phenoxy) is 3. The molecule has 9 N–H and O–H groups in total. The maximum Gasteiger partial charge on any atom is 0.469 e. The number of unbranched alkanes of at least 4 members (excludes halogenated alkanes) is 1. The number of phosphoric acid groups is 1. The number of esters is 1. The number of aromatic nitrogens is 6. The number of anilines is 2. The molecular weight excluding hydrogens is 862 g/mol. The number of alkyl halides is 2. The number of allylic oxidation sites excluding steroid dienone is 1. The number of likely N-dealkylation sites (N-methyl/N-ethyl adjacent to an activating group) is 1. The average Bonchev–Trinajstić information content (AvgIpc) is 3.85. The van der Waals surface area contributed by atoms with Crippen LogP contribution in [-0.2, 0) is 42.0 Å². The first-order valence-electron chi connectivity index (χ1n) is 18.7. The minimum absolute atomic E-state index is 0.00180. The zero-order valence-corrected chi connectivity index (χ0v) is 34.3. The summed E-state index contributed by atoms with van der Waals surface area (Å²) < 4.78 is 81.0. The van der Waals surface area contributed by atoms with Gasteiger partial charge in [-0.05, 0) is 31.7 Å². The summed E-state index contributed by atoms with van der Waals surface area (Å²) >= 11 is 0. The van der Waals surface area contributed by atoms with Crippen molar-refractivity contribution < 1.29 is 75.7 Å². The van der Waals surface area contributed by atoms with Crippen LogP contribution in [0.4, 0.5) is 20.4 Å². The van der Waals surface area contributed by atoms with Crippen molar-refractivity contribution in [1.29, 1.82) is 0 Å². The number of nitrogens with zero attached hydrogens (tertiary/aromatic N) is 7. The summed E-state index contributed by atoms with van der Waals surface area (Å²) in [5.41, 5.74) is 8.71. The molecule has 0 radical (unpaired) electrons. The van der Waals surface area contributed by atoms with E-state index in [0.29, 0.717) is 0 Å². The Bertz CT molecular complexity index is 2180. The van der Waals surface area contributed by atoms with Crippen molar-refractivity contribution in [1.82, 2.24) is 34.0 Å². The molecule has 338 valence electrons. The Kier molecular flexibility index (Phi) is 15.8. The second-order valence-corrected chi connectivity index (χ2v) is 17.3. The van der Waals surface area contributed by atoms with Crippen molar-refractivity contribution in [3.8, 4) is 0 Å². The highest BCUT2D eigenvalue weighted by molar-refractivity contribution is 7.53. The van der Waals surface area contributed by atoms with E-state index in [-0.39, 0.29) is 54.9 Å². The van der Waals surface area contributed by atoms with E-state index >= 15 is 0 Å². The SMILES string of the molecule is C=CCCC(=O)N(C)[C@@H](CCCCC(F)F)C(=O)O[C@H]1[C@@H](O)[C@H](n2cnc3c(N)ncnc32)O[C@@H]1COP(=O)(O)[C@H]1[C@@H](O)[C@H](n2ccc(N)nc2=O)O[C@@H]1CCOP(=O)(O)O. The van der Waals surface area contributed by atoms with Gasteiger partial charge in [0.25, 0.3) is 0 Å². The van der Waals surface area contributed by atoms with E-state index in [1.165, 1.54) is 30.1 Å². The maximum atomic E-state index is 14.2. The van der Waals surface area contributed by atoms with Crippen molar-refractivity contribution in [3.05, 3.63) is 48.1 Å². The first kappa shape index (κ1) is 47.7. The Morgan fingerprint density at radius 3 is 2.39 bits per heavy atom. The highest BCUT2D eigenvalue weighted by Gasteiger charge is 2.56. The van der Waals surface area contributed by atoms with Gasteiger partial charge in [0.2, 0.25) is 12.3 Å². The molecule has 24 nitrogen and oxygen atoms in total. The molecule has 2 aliphatic rings. The van der Waals surface area contributed by atoms with Gasteiger partial charge >= 0.3 is 27.1 Å². The molecule has 1 unspecified atom stereocenters. The highest BCUT2D eigenvalue weighted by atomic mass is 31.2. The molecule has 2 saturated heterocycles. The van der Waals surface area contributed by atoms with Gasteiger partial charge in [0.15, 0.2) is 30.0 Å². The predicted molar refractivity (Wildman–Crippen MR) is 205 cm³/mol. The van der Waals surface area contributed by atoms with E-state index in [2.05, 4.69) is 31.0 Å². The van der Waals surface area contributed by atoms with Gasteiger partial charge < -0.3 is 60.0 Å². The van der Waals surface area contributed by atoms with Gasteiger partial charge in [-0.25, -0.2) is 37.9 Å². The van der Waals surface area contributed by atoms with Crippen LogP contribution in [0.3, 0.4) is 0 Å². The number of hydrogen-bond acceptors (Lipinski definition) is 18. The average molecular weight is 910 g/mol. The van der Waals surface area contributed by atoms with E-state index in [4.69, 9.17) is 30.2 Å². The highest BCUT2D eigenvalue weighted by Crippen LogP contribution is 2.57. The fourth-order valence-electron chi connectivity index (χ4n) is 6.95. The molecule has 5 heterocycles. The third-order valence-corrected chi connectivity index (χ3v) is 12.4. The van der Waals surface area contributed by atoms with Crippen molar-refractivity contribution in [2.24, 2.45) is 0 Å². The molecular formula is C33H47F2N9O15P2. The Morgan fingerprint density at radius 1 is 1.03 bits per heavy atom. The number of fused-ring (bicyclic) bond motifs is 1. The first-order chi connectivity index (χ1) is 28.7. The van der Waals surface area contributed by atoms with Crippen LogP contribution in [0.25, 0.3) is 11.2 Å². The third-order valence-electron chi connectivity index (χ3n) is 9.99. The number of halogens is 2. The van der Waals surface area contributed by atoms with Crippen LogP contribution < -0.4 is 17.2 Å². The summed E-state index contributed by atoms with van der Waals surface area (Å²) in [5.74, 6) is -1.82. The van der Waals surface area contributed by atoms with E-state index in [1.807, 2.05) is 0 Å². The summed E-state index contributed by atoms with van der Waals surface area (Å²) in [4.78, 5) is 86.3. The van der Waals surface area contributed by atoms with Crippen LogP contribution in [-0.4, -0.2) is 140 Å². The molecule has 0 aliphatic carbocycles. The predicted octanol–water partition coefficient (Wildman–Crippen LogP) is 0.365. The molecule has 5 rings (SSSR count). The summed E-state index contributed by atoms with van der Waals surface area (Å²) in [5, 5.41) is 23.1. The summed E-state index contributed by atoms with van der Waals surface area (Å²) in [7, 11) is -8.95. The van der Waals surface area contributed by atoms with Crippen LogP contribution in [0.2, 0.25) is 0 Å². The fourth-order valence-corrected chi connectivity index (χ4v) is 9.00. The van der Waals surface area contributed by atoms with Crippen molar-refractivity contribution in [2.45, 2.75) is 106 Å². The number of hydrogen-bond donors (Lipinski definition) is 7. The van der Waals surface area contributed by atoms with E-state index in [9.17, 15) is 57.2 Å².